The predicted molar refractivity (Wildman–Crippen MR) is 65.9 cm³/mol. The van der Waals surface area contributed by atoms with E-state index in [4.69, 9.17) is 14.2 Å². The van der Waals surface area contributed by atoms with E-state index in [2.05, 4.69) is 6.92 Å². The van der Waals surface area contributed by atoms with Crippen molar-refractivity contribution < 1.29 is 19.3 Å². The van der Waals surface area contributed by atoms with Gasteiger partial charge in [0.2, 0.25) is 6.79 Å². The monoisotopic (exact) mass is 250 g/mol. The molecule has 1 N–H and O–H groups in total. The summed E-state index contributed by atoms with van der Waals surface area (Å²) in [5, 5.41) is 9.60. The Balaban J connectivity index is 1.78. The molecule has 2 aliphatic rings. The minimum absolute atomic E-state index is 0.133. The van der Waals surface area contributed by atoms with E-state index in [0.717, 1.165) is 36.7 Å². The third-order valence-corrected chi connectivity index (χ3v) is 3.73. The van der Waals surface area contributed by atoms with Crippen LogP contribution in [0.5, 0.6) is 11.5 Å². The Kier molecular flexibility index (Phi) is 2.92. The van der Waals surface area contributed by atoms with Gasteiger partial charge >= 0.3 is 0 Å². The average molecular weight is 250 g/mol. The van der Waals surface area contributed by atoms with E-state index in [-0.39, 0.29) is 24.7 Å². The summed E-state index contributed by atoms with van der Waals surface area (Å²) in [7, 11) is 0. The molecule has 0 spiro atoms. The maximum absolute atomic E-state index is 9.60. The van der Waals surface area contributed by atoms with Gasteiger partial charge in [-0.1, -0.05) is 13.0 Å². The smallest absolute Gasteiger partial charge is 0.231 e. The summed E-state index contributed by atoms with van der Waals surface area (Å²) in [5.74, 6) is 1.70. The number of hydrogen-bond donors (Lipinski definition) is 1. The van der Waals surface area contributed by atoms with Crippen LogP contribution in [-0.2, 0) is 4.74 Å². The van der Waals surface area contributed by atoms with Gasteiger partial charge in [-0.2, -0.15) is 0 Å². The molecule has 1 aromatic carbocycles. The van der Waals surface area contributed by atoms with E-state index in [1.165, 1.54) is 0 Å². The molecule has 1 fully saturated rings. The van der Waals surface area contributed by atoms with Gasteiger partial charge in [-0.15, -0.1) is 0 Å². The largest absolute Gasteiger partial charge is 0.454 e. The zero-order chi connectivity index (χ0) is 12.6. The summed E-state index contributed by atoms with van der Waals surface area (Å²) in [6.07, 6.45) is 0.934. The van der Waals surface area contributed by atoms with E-state index in [9.17, 15) is 5.11 Å². The van der Waals surface area contributed by atoms with Crippen molar-refractivity contribution in [3.05, 3.63) is 23.8 Å². The Morgan fingerprint density at radius 3 is 2.72 bits per heavy atom. The Morgan fingerprint density at radius 1 is 1.28 bits per heavy atom. The summed E-state index contributed by atoms with van der Waals surface area (Å²) >= 11 is 0. The van der Waals surface area contributed by atoms with Gasteiger partial charge in [-0.25, -0.2) is 0 Å². The molecule has 4 heteroatoms. The first-order valence-electron chi connectivity index (χ1n) is 6.28. The first kappa shape index (κ1) is 11.8. The fourth-order valence-corrected chi connectivity index (χ4v) is 2.62. The van der Waals surface area contributed by atoms with Crippen LogP contribution in [0.15, 0.2) is 18.2 Å². The number of aliphatic hydroxyl groups is 1. The third-order valence-electron chi connectivity index (χ3n) is 3.73. The average Bonchev–Trinajstić information content (AvgIpc) is 2.80. The second kappa shape index (κ2) is 4.44. The normalized spacial score (nSPS) is 21.4. The summed E-state index contributed by atoms with van der Waals surface area (Å²) in [6.45, 7) is 4.21. The minimum Gasteiger partial charge on any atom is -0.454 e. The number of rotatable bonds is 4. The van der Waals surface area contributed by atoms with Gasteiger partial charge in [0, 0.05) is 17.9 Å². The second-order valence-electron chi connectivity index (χ2n) is 5.50. The second-order valence-corrected chi connectivity index (χ2v) is 5.50. The van der Waals surface area contributed by atoms with Crippen molar-refractivity contribution in [3.8, 4) is 11.5 Å². The van der Waals surface area contributed by atoms with Gasteiger partial charge in [0.15, 0.2) is 11.5 Å². The van der Waals surface area contributed by atoms with E-state index in [1.807, 2.05) is 18.2 Å². The number of fused-ring (bicyclic) bond motifs is 1. The van der Waals surface area contributed by atoms with Crippen molar-refractivity contribution in [1.29, 1.82) is 0 Å². The minimum atomic E-state index is 0.133. The Morgan fingerprint density at radius 2 is 2.06 bits per heavy atom. The van der Waals surface area contributed by atoms with E-state index in [0.29, 0.717) is 0 Å². The van der Waals surface area contributed by atoms with Gasteiger partial charge in [0.1, 0.15) is 0 Å². The molecule has 1 aromatic rings. The van der Waals surface area contributed by atoms with Gasteiger partial charge < -0.3 is 19.3 Å². The lowest BCUT2D eigenvalue weighted by Crippen LogP contribution is -2.41. The molecule has 0 aliphatic carbocycles. The van der Waals surface area contributed by atoms with E-state index < -0.39 is 0 Å². The van der Waals surface area contributed by atoms with E-state index >= 15 is 0 Å². The standard InChI is InChI=1S/C14H18O4/c1-14(7-16-8-14)5-11(6-15)10-2-3-12-13(4-10)18-9-17-12/h2-4,11,15H,5-9H2,1H3. The summed E-state index contributed by atoms with van der Waals surface area (Å²) in [6, 6.07) is 5.91. The zero-order valence-corrected chi connectivity index (χ0v) is 10.5. The highest BCUT2D eigenvalue weighted by Crippen LogP contribution is 2.40. The molecule has 1 atom stereocenters. The van der Waals surface area contributed by atoms with Crippen molar-refractivity contribution >= 4 is 0 Å². The topological polar surface area (TPSA) is 47.9 Å². The highest BCUT2D eigenvalue weighted by atomic mass is 16.7. The van der Waals surface area contributed by atoms with Crippen LogP contribution >= 0.6 is 0 Å². The zero-order valence-electron chi connectivity index (χ0n) is 10.5. The molecule has 0 bridgehead atoms. The quantitative estimate of drug-likeness (QED) is 0.887. The molecule has 98 valence electrons. The molecule has 0 radical (unpaired) electrons. The highest BCUT2D eigenvalue weighted by molar-refractivity contribution is 5.45. The van der Waals surface area contributed by atoms with Gasteiger partial charge in [0.05, 0.1) is 13.2 Å². The molecule has 0 amide bonds. The van der Waals surface area contributed by atoms with Gasteiger partial charge in [-0.3, -0.25) is 0 Å². The van der Waals surface area contributed by atoms with Gasteiger partial charge in [0.25, 0.3) is 0 Å². The Labute approximate surface area is 106 Å². The molecule has 2 aliphatic heterocycles. The first-order valence-corrected chi connectivity index (χ1v) is 6.28. The Hall–Kier alpha value is -1.26. The molecule has 1 saturated heterocycles. The van der Waals surface area contributed by atoms with Crippen LogP contribution in [0.2, 0.25) is 0 Å². The fourth-order valence-electron chi connectivity index (χ4n) is 2.62. The maximum atomic E-state index is 9.60. The summed E-state index contributed by atoms with van der Waals surface area (Å²) < 4.78 is 15.9. The van der Waals surface area contributed by atoms with Crippen molar-refractivity contribution in [1.82, 2.24) is 0 Å². The molecule has 18 heavy (non-hydrogen) atoms. The molecule has 2 heterocycles. The number of hydrogen-bond acceptors (Lipinski definition) is 4. The van der Waals surface area contributed by atoms with Gasteiger partial charge in [-0.05, 0) is 24.1 Å². The molecule has 0 saturated carbocycles. The first-order chi connectivity index (χ1) is 8.70. The van der Waals surface area contributed by atoms with Crippen LogP contribution in [0.3, 0.4) is 0 Å². The lowest BCUT2D eigenvalue weighted by Gasteiger charge is -2.40. The molecule has 3 rings (SSSR count). The predicted octanol–water partition coefficient (Wildman–Crippen LogP) is 1.92. The van der Waals surface area contributed by atoms with Crippen LogP contribution in [0.1, 0.15) is 24.8 Å². The van der Waals surface area contributed by atoms with E-state index in [1.54, 1.807) is 0 Å². The summed E-state index contributed by atoms with van der Waals surface area (Å²) in [5.41, 5.74) is 1.30. The van der Waals surface area contributed by atoms with Crippen LogP contribution in [-0.4, -0.2) is 31.7 Å². The van der Waals surface area contributed by atoms with Crippen molar-refractivity contribution in [2.75, 3.05) is 26.6 Å². The third kappa shape index (κ3) is 2.06. The number of aliphatic hydroxyl groups excluding tert-OH is 1. The molecule has 4 nitrogen and oxygen atoms in total. The highest BCUT2D eigenvalue weighted by Gasteiger charge is 2.36. The maximum Gasteiger partial charge on any atom is 0.231 e. The van der Waals surface area contributed by atoms with Crippen molar-refractivity contribution in [3.63, 3.8) is 0 Å². The van der Waals surface area contributed by atoms with Crippen LogP contribution in [0.4, 0.5) is 0 Å². The lowest BCUT2D eigenvalue weighted by atomic mass is 9.77. The molecular weight excluding hydrogens is 232 g/mol. The van der Waals surface area contributed by atoms with Crippen molar-refractivity contribution in [2.45, 2.75) is 19.3 Å². The molecule has 0 aromatic heterocycles. The summed E-state index contributed by atoms with van der Waals surface area (Å²) in [4.78, 5) is 0. The van der Waals surface area contributed by atoms with Crippen LogP contribution in [0, 0.1) is 5.41 Å². The lowest BCUT2D eigenvalue weighted by molar-refractivity contribution is -0.110. The van der Waals surface area contributed by atoms with Crippen LogP contribution in [0.25, 0.3) is 0 Å². The van der Waals surface area contributed by atoms with Crippen LogP contribution < -0.4 is 9.47 Å². The molecular formula is C14H18O4. The number of benzene rings is 1. The fraction of sp³-hybridized carbons (Fsp3) is 0.571. The number of ether oxygens (including phenoxy) is 3. The van der Waals surface area contributed by atoms with Crippen molar-refractivity contribution in [2.24, 2.45) is 5.41 Å². The molecule has 1 unspecified atom stereocenters. The SMILES string of the molecule is CC1(CC(CO)c2ccc3c(c2)OCO3)COC1. The Bertz CT molecular complexity index is 439.